The monoisotopic (exact) mass is 184 g/mol. The van der Waals surface area contributed by atoms with Gasteiger partial charge in [0.2, 0.25) is 0 Å². The molecule has 0 spiro atoms. The summed E-state index contributed by atoms with van der Waals surface area (Å²) < 4.78 is 4.86. The quantitative estimate of drug-likeness (QED) is 0.468. The summed E-state index contributed by atoms with van der Waals surface area (Å²) in [6.45, 7) is 10.1. The molecule has 1 atom stereocenters. The highest BCUT2D eigenvalue weighted by Crippen LogP contribution is 2.13. The molecule has 0 radical (unpaired) electrons. The van der Waals surface area contributed by atoms with E-state index in [0.29, 0.717) is 12.5 Å². The van der Waals surface area contributed by atoms with Crippen molar-refractivity contribution in [2.24, 2.45) is 5.92 Å². The standard InChI is InChI=1S/C11H20O2/c1-9(2)5-6-10(3)7-8-13-11(4)12/h10H,1,5-8H2,2-4H3. The Hall–Kier alpha value is -0.790. The summed E-state index contributed by atoms with van der Waals surface area (Å²) in [6.07, 6.45) is 3.16. The third kappa shape index (κ3) is 9.12. The molecule has 0 aromatic carbocycles. The first-order valence-electron chi connectivity index (χ1n) is 4.80. The predicted molar refractivity (Wildman–Crippen MR) is 54.5 cm³/mol. The Labute approximate surface area is 81.0 Å². The van der Waals surface area contributed by atoms with Gasteiger partial charge in [0.25, 0.3) is 0 Å². The van der Waals surface area contributed by atoms with E-state index in [2.05, 4.69) is 13.5 Å². The van der Waals surface area contributed by atoms with Gasteiger partial charge in [-0.05, 0) is 32.1 Å². The Balaban J connectivity index is 3.35. The molecule has 2 nitrogen and oxygen atoms in total. The molecule has 2 heteroatoms. The lowest BCUT2D eigenvalue weighted by Gasteiger charge is -2.10. The van der Waals surface area contributed by atoms with Crippen LogP contribution in [0.5, 0.6) is 0 Å². The number of ether oxygens (including phenoxy) is 1. The molecule has 1 unspecified atom stereocenters. The Morgan fingerprint density at radius 1 is 1.38 bits per heavy atom. The molecular weight excluding hydrogens is 164 g/mol. The van der Waals surface area contributed by atoms with E-state index in [1.165, 1.54) is 12.5 Å². The maximum Gasteiger partial charge on any atom is 0.302 e. The zero-order valence-electron chi connectivity index (χ0n) is 8.93. The van der Waals surface area contributed by atoms with Gasteiger partial charge in [-0.1, -0.05) is 12.5 Å². The van der Waals surface area contributed by atoms with E-state index >= 15 is 0 Å². The molecule has 0 N–H and O–H groups in total. The molecule has 0 aromatic rings. The van der Waals surface area contributed by atoms with Crippen LogP contribution >= 0.6 is 0 Å². The van der Waals surface area contributed by atoms with Crippen molar-refractivity contribution < 1.29 is 9.53 Å². The van der Waals surface area contributed by atoms with Crippen LogP contribution in [0.4, 0.5) is 0 Å². The van der Waals surface area contributed by atoms with Crippen LogP contribution in [0, 0.1) is 5.92 Å². The highest BCUT2D eigenvalue weighted by molar-refractivity contribution is 5.65. The molecule has 0 saturated carbocycles. The predicted octanol–water partition coefficient (Wildman–Crippen LogP) is 2.93. The van der Waals surface area contributed by atoms with Crippen LogP contribution in [0.25, 0.3) is 0 Å². The van der Waals surface area contributed by atoms with Crippen LogP contribution in [0.15, 0.2) is 12.2 Å². The van der Waals surface area contributed by atoms with Crippen molar-refractivity contribution in [1.29, 1.82) is 0 Å². The van der Waals surface area contributed by atoms with Gasteiger partial charge in [-0.25, -0.2) is 0 Å². The summed E-state index contributed by atoms with van der Waals surface area (Å²) in [7, 11) is 0. The fourth-order valence-corrected chi connectivity index (χ4v) is 1.04. The van der Waals surface area contributed by atoms with Gasteiger partial charge in [0.15, 0.2) is 0 Å². The summed E-state index contributed by atoms with van der Waals surface area (Å²) in [5, 5.41) is 0. The van der Waals surface area contributed by atoms with Crippen LogP contribution in [-0.4, -0.2) is 12.6 Å². The molecular formula is C11H20O2. The average molecular weight is 184 g/mol. The summed E-state index contributed by atoms with van der Waals surface area (Å²) >= 11 is 0. The molecule has 0 rings (SSSR count). The van der Waals surface area contributed by atoms with E-state index < -0.39 is 0 Å². The maximum atomic E-state index is 10.5. The third-order valence-corrected chi connectivity index (χ3v) is 1.98. The molecule has 76 valence electrons. The Morgan fingerprint density at radius 3 is 2.46 bits per heavy atom. The fraction of sp³-hybridized carbons (Fsp3) is 0.727. The first-order valence-corrected chi connectivity index (χ1v) is 4.80. The number of esters is 1. The van der Waals surface area contributed by atoms with Gasteiger partial charge in [0.1, 0.15) is 0 Å². The zero-order valence-corrected chi connectivity index (χ0v) is 8.93. The van der Waals surface area contributed by atoms with Crippen molar-refractivity contribution in [3.8, 4) is 0 Å². The van der Waals surface area contributed by atoms with Crippen molar-refractivity contribution in [3.05, 3.63) is 12.2 Å². The van der Waals surface area contributed by atoms with E-state index in [4.69, 9.17) is 4.74 Å². The van der Waals surface area contributed by atoms with E-state index in [9.17, 15) is 4.79 Å². The Bertz CT molecular complexity index is 173. The molecule has 0 fully saturated rings. The SMILES string of the molecule is C=C(C)CCC(C)CCOC(C)=O. The topological polar surface area (TPSA) is 26.3 Å². The van der Waals surface area contributed by atoms with Gasteiger partial charge in [0, 0.05) is 6.92 Å². The van der Waals surface area contributed by atoms with Gasteiger partial charge < -0.3 is 4.74 Å². The molecule has 0 aliphatic carbocycles. The molecule has 0 heterocycles. The molecule has 13 heavy (non-hydrogen) atoms. The number of carbonyl (C=O) groups excluding carboxylic acids is 1. The lowest BCUT2D eigenvalue weighted by Crippen LogP contribution is -2.05. The van der Waals surface area contributed by atoms with Crippen molar-refractivity contribution in [2.45, 2.75) is 40.0 Å². The van der Waals surface area contributed by atoms with E-state index in [-0.39, 0.29) is 5.97 Å². The number of allylic oxidation sites excluding steroid dienone is 1. The second-order valence-electron chi connectivity index (χ2n) is 3.73. The minimum atomic E-state index is -0.188. The summed E-state index contributed by atoms with van der Waals surface area (Å²) in [5.74, 6) is 0.420. The van der Waals surface area contributed by atoms with Gasteiger partial charge in [0.05, 0.1) is 6.61 Å². The number of hydrogen-bond acceptors (Lipinski definition) is 2. The zero-order chi connectivity index (χ0) is 10.3. The van der Waals surface area contributed by atoms with Gasteiger partial charge in [-0.3, -0.25) is 4.79 Å². The Kier molecular flexibility index (Phi) is 6.29. The number of rotatable bonds is 6. The number of hydrogen-bond donors (Lipinski definition) is 0. The van der Waals surface area contributed by atoms with E-state index in [1.54, 1.807) is 0 Å². The summed E-state index contributed by atoms with van der Waals surface area (Å²) in [5.41, 5.74) is 1.22. The minimum absolute atomic E-state index is 0.188. The van der Waals surface area contributed by atoms with Gasteiger partial charge in [-0.15, -0.1) is 6.58 Å². The first kappa shape index (κ1) is 12.2. The molecule has 0 saturated heterocycles. The molecule has 0 aromatic heterocycles. The van der Waals surface area contributed by atoms with Crippen LogP contribution in [0.2, 0.25) is 0 Å². The highest BCUT2D eigenvalue weighted by Gasteiger charge is 2.02. The first-order chi connectivity index (χ1) is 6.02. The van der Waals surface area contributed by atoms with Crippen molar-refractivity contribution in [3.63, 3.8) is 0 Å². The van der Waals surface area contributed by atoms with Crippen LogP contribution in [0.3, 0.4) is 0 Å². The van der Waals surface area contributed by atoms with Crippen molar-refractivity contribution in [1.82, 2.24) is 0 Å². The van der Waals surface area contributed by atoms with E-state index in [1.807, 2.05) is 6.92 Å². The third-order valence-electron chi connectivity index (χ3n) is 1.98. The second kappa shape index (κ2) is 6.70. The highest BCUT2D eigenvalue weighted by atomic mass is 16.5. The Morgan fingerprint density at radius 2 is 2.00 bits per heavy atom. The van der Waals surface area contributed by atoms with Crippen molar-refractivity contribution >= 4 is 5.97 Å². The molecule has 0 aliphatic rings. The second-order valence-corrected chi connectivity index (χ2v) is 3.73. The largest absolute Gasteiger partial charge is 0.466 e. The van der Waals surface area contributed by atoms with Gasteiger partial charge >= 0.3 is 5.97 Å². The van der Waals surface area contributed by atoms with Crippen LogP contribution < -0.4 is 0 Å². The molecule has 0 aliphatic heterocycles. The van der Waals surface area contributed by atoms with Crippen LogP contribution in [-0.2, 0) is 9.53 Å². The number of carbonyl (C=O) groups is 1. The van der Waals surface area contributed by atoms with Gasteiger partial charge in [-0.2, -0.15) is 0 Å². The summed E-state index contributed by atoms with van der Waals surface area (Å²) in [6, 6.07) is 0. The normalized spacial score (nSPS) is 12.2. The fourth-order valence-electron chi connectivity index (χ4n) is 1.04. The summed E-state index contributed by atoms with van der Waals surface area (Å²) in [4.78, 5) is 10.5. The van der Waals surface area contributed by atoms with Crippen molar-refractivity contribution in [2.75, 3.05) is 6.61 Å². The average Bonchev–Trinajstić information content (AvgIpc) is 2.00. The maximum absolute atomic E-state index is 10.5. The van der Waals surface area contributed by atoms with E-state index in [0.717, 1.165) is 19.3 Å². The minimum Gasteiger partial charge on any atom is -0.466 e. The lowest BCUT2D eigenvalue weighted by atomic mass is 10.00. The molecule has 0 bridgehead atoms. The lowest BCUT2D eigenvalue weighted by molar-refractivity contribution is -0.141. The van der Waals surface area contributed by atoms with Crippen LogP contribution in [0.1, 0.15) is 40.0 Å². The smallest absolute Gasteiger partial charge is 0.302 e. The molecule has 0 amide bonds.